The number of carbonyl (C=O) groups is 2. The third kappa shape index (κ3) is 2.97. The number of esters is 1. The zero-order valence-corrected chi connectivity index (χ0v) is 13.2. The van der Waals surface area contributed by atoms with Crippen molar-refractivity contribution in [3.05, 3.63) is 40.2 Å². The molecule has 0 saturated heterocycles. The molecule has 7 heteroatoms. The standard InChI is InChI=1S/C17H16O7/c1-17(2,24-15(21)8-13(18)19)12-7-10-11(22-12)5-3-9-4-6-14(20)23-16(9)10/h3-6,12H,7-8H2,1-2H3,(H,18,19)/t12-/m0/s1. The number of rotatable bonds is 4. The van der Waals surface area contributed by atoms with Crippen LogP contribution < -0.4 is 10.4 Å². The van der Waals surface area contributed by atoms with Gasteiger partial charge in [0.15, 0.2) is 0 Å². The van der Waals surface area contributed by atoms with Gasteiger partial charge in [-0.15, -0.1) is 0 Å². The van der Waals surface area contributed by atoms with E-state index >= 15 is 0 Å². The molecule has 0 amide bonds. The molecule has 2 heterocycles. The van der Waals surface area contributed by atoms with Crippen LogP contribution in [0, 0.1) is 0 Å². The third-order valence-electron chi connectivity index (χ3n) is 3.96. The lowest BCUT2D eigenvalue weighted by atomic mass is 9.96. The number of hydrogen-bond donors (Lipinski definition) is 1. The average Bonchev–Trinajstić information content (AvgIpc) is 2.91. The topological polar surface area (TPSA) is 103 Å². The van der Waals surface area contributed by atoms with E-state index in [0.29, 0.717) is 17.8 Å². The maximum absolute atomic E-state index is 11.6. The first-order valence-corrected chi connectivity index (χ1v) is 7.42. The molecule has 7 nitrogen and oxygen atoms in total. The summed E-state index contributed by atoms with van der Waals surface area (Å²) in [5.41, 5.74) is -0.299. The molecule has 0 saturated carbocycles. The highest BCUT2D eigenvalue weighted by Gasteiger charge is 2.41. The Morgan fingerprint density at radius 2 is 2.00 bits per heavy atom. The highest BCUT2D eigenvalue weighted by molar-refractivity contribution is 5.90. The molecule has 0 unspecified atom stereocenters. The van der Waals surface area contributed by atoms with Crippen molar-refractivity contribution in [1.29, 1.82) is 0 Å². The number of fused-ring (bicyclic) bond motifs is 3. The van der Waals surface area contributed by atoms with E-state index in [0.717, 1.165) is 10.9 Å². The maximum Gasteiger partial charge on any atom is 0.336 e. The van der Waals surface area contributed by atoms with E-state index in [2.05, 4.69) is 0 Å². The first kappa shape index (κ1) is 16.0. The van der Waals surface area contributed by atoms with Gasteiger partial charge in [-0.25, -0.2) is 4.79 Å². The number of aliphatic carboxylic acids is 1. The summed E-state index contributed by atoms with van der Waals surface area (Å²) in [5.74, 6) is -1.52. The van der Waals surface area contributed by atoms with Crippen molar-refractivity contribution in [1.82, 2.24) is 0 Å². The SMILES string of the molecule is CC(C)(OC(=O)CC(=O)O)[C@@H]1Cc2c(ccc3ccc(=O)oc23)O1. The molecule has 1 aromatic carbocycles. The number of ether oxygens (including phenoxy) is 2. The Morgan fingerprint density at radius 3 is 2.71 bits per heavy atom. The number of benzene rings is 1. The minimum Gasteiger partial charge on any atom is -0.485 e. The monoisotopic (exact) mass is 332 g/mol. The first-order chi connectivity index (χ1) is 11.3. The summed E-state index contributed by atoms with van der Waals surface area (Å²) in [6.45, 7) is 3.31. The molecular weight excluding hydrogens is 316 g/mol. The number of hydrogen-bond acceptors (Lipinski definition) is 6. The van der Waals surface area contributed by atoms with Crippen LogP contribution >= 0.6 is 0 Å². The van der Waals surface area contributed by atoms with Gasteiger partial charge in [-0.05, 0) is 32.0 Å². The molecule has 1 aliphatic heterocycles. The second-order valence-electron chi connectivity index (χ2n) is 6.17. The van der Waals surface area contributed by atoms with Crippen LogP contribution in [0.2, 0.25) is 0 Å². The van der Waals surface area contributed by atoms with Gasteiger partial charge in [-0.3, -0.25) is 9.59 Å². The summed E-state index contributed by atoms with van der Waals surface area (Å²) in [7, 11) is 0. The maximum atomic E-state index is 11.6. The van der Waals surface area contributed by atoms with E-state index in [9.17, 15) is 14.4 Å². The molecule has 0 radical (unpaired) electrons. The summed E-state index contributed by atoms with van der Waals surface area (Å²) in [6.07, 6.45) is -0.838. The van der Waals surface area contributed by atoms with Crippen LogP contribution in [0.25, 0.3) is 11.0 Å². The van der Waals surface area contributed by atoms with Crippen molar-refractivity contribution in [3.63, 3.8) is 0 Å². The van der Waals surface area contributed by atoms with Crippen LogP contribution in [0.15, 0.2) is 33.5 Å². The van der Waals surface area contributed by atoms with Crippen LogP contribution in [0.1, 0.15) is 25.8 Å². The Morgan fingerprint density at radius 1 is 1.29 bits per heavy atom. The van der Waals surface area contributed by atoms with E-state index in [1.807, 2.05) is 0 Å². The van der Waals surface area contributed by atoms with Gasteiger partial charge in [0, 0.05) is 23.4 Å². The molecule has 0 spiro atoms. The number of carboxylic acid groups (broad SMARTS) is 1. The smallest absolute Gasteiger partial charge is 0.336 e. The van der Waals surface area contributed by atoms with Gasteiger partial charge in [0.05, 0.1) is 0 Å². The van der Waals surface area contributed by atoms with Crippen LogP contribution in [0.3, 0.4) is 0 Å². The Balaban J connectivity index is 1.86. The summed E-state index contributed by atoms with van der Waals surface area (Å²) in [5, 5.41) is 9.43. The van der Waals surface area contributed by atoms with Crippen molar-refractivity contribution < 1.29 is 28.6 Å². The van der Waals surface area contributed by atoms with Crippen molar-refractivity contribution >= 4 is 22.9 Å². The van der Waals surface area contributed by atoms with Gasteiger partial charge in [0.2, 0.25) is 0 Å². The highest BCUT2D eigenvalue weighted by Crippen LogP contribution is 2.38. The van der Waals surface area contributed by atoms with Crippen molar-refractivity contribution in [2.45, 2.75) is 38.4 Å². The van der Waals surface area contributed by atoms with Gasteiger partial charge in [-0.1, -0.05) is 0 Å². The summed E-state index contributed by atoms with van der Waals surface area (Å²) in [6, 6.07) is 6.57. The number of carboxylic acids is 1. The largest absolute Gasteiger partial charge is 0.485 e. The summed E-state index contributed by atoms with van der Waals surface area (Å²) >= 11 is 0. The first-order valence-electron chi connectivity index (χ1n) is 7.42. The normalized spacial score (nSPS) is 16.5. The summed E-state index contributed by atoms with van der Waals surface area (Å²) < 4.78 is 16.4. The minimum absolute atomic E-state index is 0.382. The van der Waals surface area contributed by atoms with E-state index < -0.39 is 35.7 Å². The van der Waals surface area contributed by atoms with Crippen LogP contribution in [0.5, 0.6) is 5.75 Å². The molecule has 0 fully saturated rings. The molecule has 1 aliphatic rings. The predicted molar refractivity (Wildman–Crippen MR) is 83.0 cm³/mol. The van der Waals surface area contributed by atoms with Gasteiger partial charge < -0.3 is 19.0 Å². The van der Waals surface area contributed by atoms with Crippen molar-refractivity contribution in [2.24, 2.45) is 0 Å². The molecule has 24 heavy (non-hydrogen) atoms. The third-order valence-corrected chi connectivity index (χ3v) is 3.96. The van der Waals surface area contributed by atoms with Crippen LogP contribution in [-0.2, 0) is 20.7 Å². The summed E-state index contributed by atoms with van der Waals surface area (Å²) in [4.78, 5) is 33.7. The Labute approximate surface area is 136 Å². The van der Waals surface area contributed by atoms with Gasteiger partial charge >= 0.3 is 17.6 Å². The predicted octanol–water partition coefficient (Wildman–Crippen LogP) is 1.89. The minimum atomic E-state index is -1.25. The second-order valence-corrected chi connectivity index (χ2v) is 6.17. The van der Waals surface area contributed by atoms with Gasteiger partial charge in [0.1, 0.15) is 29.5 Å². The van der Waals surface area contributed by atoms with E-state index in [-0.39, 0.29) is 0 Å². The highest BCUT2D eigenvalue weighted by atomic mass is 16.6. The van der Waals surface area contributed by atoms with E-state index in [1.165, 1.54) is 6.07 Å². The lowest BCUT2D eigenvalue weighted by molar-refractivity contribution is -0.167. The lowest BCUT2D eigenvalue weighted by Crippen LogP contribution is -2.44. The molecule has 0 bridgehead atoms. The Hall–Kier alpha value is -2.83. The molecule has 1 atom stereocenters. The number of carbonyl (C=O) groups excluding carboxylic acids is 1. The van der Waals surface area contributed by atoms with Gasteiger partial charge in [0.25, 0.3) is 0 Å². The molecule has 0 aliphatic carbocycles. The molecule has 3 rings (SSSR count). The zero-order chi connectivity index (χ0) is 17.5. The lowest BCUT2D eigenvalue weighted by Gasteiger charge is -2.30. The van der Waals surface area contributed by atoms with Crippen LogP contribution in [0.4, 0.5) is 0 Å². The fourth-order valence-corrected chi connectivity index (χ4v) is 2.76. The average molecular weight is 332 g/mol. The zero-order valence-electron chi connectivity index (χ0n) is 13.2. The molecular formula is C17H16O7. The fraction of sp³-hybridized carbons (Fsp3) is 0.353. The Kier molecular flexibility index (Phi) is 3.79. The molecule has 126 valence electrons. The second kappa shape index (κ2) is 5.67. The van der Waals surface area contributed by atoms with Crippen molar-refractivity contribution in [2.75, 3.05) is 0 Å². The van der Waals surface area contributed by atoms with Crippen molar-refractivity contribution in [3.8, 4) is 5.75 Å². The van der Waals surface area contributed by atoms with Crippen LogP contribution in [-0.4, -0.2) is 28.8 Å². The van der Waals surface area contributed by atoms with E-state index in [4.69, 9.17) is 19.0 Å². The quantitative estimate of drug-likeness (QED) is 0.518. The molecule has 2 aromatic rings. The molecule has 1 N–H and O–H groups in total. The van der Waals surface area contributed by atoms with E-state index in [1.54, 1.807) is 32.0 Å². The Bertz CT molecular complexity index is 878. The fourth-order valence-electron chi connectivity index (χ4n) is 2.76. The molecule has 1 aromatic heterocycles. The van der Waals surface area contributed by atoms with Gasteiger partial charge in [-0.2, -0.15) is 0 Å².